The van der Waals surface area contributed by atoms with Crippen molar-refractivity contribution >= 4 is 43.6 Å². The third kappa shape index (κ3) is 3.52. The van der Waals surface area contributed by atoms with Crippen molar-refractivity contribution in [1.29, 1.82) is 0 Å². The van der Waals surface area contributed by atoms with Crippen molar-refractivity contribution in [2.75, 3.05) is 0 Å². The zero-order chi connectivity index (χ0) is 29.5. The number of aromatic nitrogens is 3. The lowest BCUT2D eigenvalue weighted by Gasteiger charge is -2.15. The van der Waals surface area contributed by atoms with Gasteiger partial charge in [-0.2, -0.15) is 0 Å². The van der Waals surface area contributed by atoms with Gasteiger partial charge in [0, 0.05) is 44.4 Å². The minimum Gasteiger partial charge on any atom is -0.308 e. The molecule has 0 bridgehead atoms. The van der Waals surface area contributed by atoms with Crippen LogP contribution in [0, 0.1) is 0 Å². The Morgan fingerprint density at radius 3 is 2.02 bits per heavy atom. The summed E-state index contributed by atoms with van der Waals surface area (Å²) >= 11 is 0. The van der Waals surface area contributed by atoms with Gasteiger partial charge in [0.25, 0.3) is 0 Å². The van der Waals surface area contributed by atoms with Gasteiger partial charge in [0.1, 0.15) is 0 Å². The first kappa shape index (κ1) is 24.4. The lowest BCUT2D eigenvalue weighted by Crippen LogP contribution is -1.96. The Balaban J connectivity index is 1.13. The highest BCUT2D eigenvalue weighted by molar-refractivity contribution is 6.16. The SMILES string of the molecule is c1ccc2c(c1)-c1cc(-c3ccc(-c4ccc5ccc6cccnc6c5n4)cc3)ccc1-n1c3ccccc3c3cccc-2c31. The number of hydrogen-bond donors (Lipinski definition) is 0. The quantitative estimate of drug-likeness (QED) is 0.193. The number of para-hydroxylation sites is 2. The van der Waals surface area contributed by atoms with Crippen molar-refractivity contribution in [3.8, 4) is 50.3 Å². The molecule has 0 saturated heterocycles. The third-order valence-corrected chi connectivity index (χ3v) is 9.39. The topological polar surface area (TPSA) is 30.7 Å². The molecule has 45 heavy (non-hydrogen) atoms. The highest BCUT2D eigenvalue weighted by Gasteiger charge is 2.24. The van der Waals surface area contributed by atoms with Crippen molar-refractivity contribution in [2.45, 2.75) is 0 Å². The molecule has 0 spiro atoms. The monoisotopic (exact) mass is 571 g/mol. The molecule has 3 heteroatoms. The van der Waals surface area contributed by atoms with Crippen molar-refractivity contribution in [3.63, 3.8) is 0 Å². The van der Waals surface area contributed by atoms with E-state index in [2.05, 4.69) is 149 Å². The molecule has 208 valence electrons. The Morgan fingerprint density at radius 1 is 0.444 bits per heavy atom. The summed E-state index contributed by atoms with van der Waals surface area (Å²) in [6, 6.07) is 52.5. The fourth-order valence-corrected chi connectivity index (χ4v) is 7.28. The van der Waals surface area contributed by atoms with Gasteiger partial charge in [-0.1, -0.05) is 115 Å². The van der Waals surface area contributed by atoms with Crippen molar-refractivity contribution in [2.24, 2.45) is 0 Å². The zero-order valence-corrected chi connectivity index (χ0v) is 24.3. The Labute approximate surface area is 259 Å². The van der Waals surface area contributed by atoms with E-state index in [0.29, 0.717) is 0 Å². The van der Waals surface area contributed by atoms with Crippen molar-refractivity contribution in [1.82, 2.24) is 14.5 Å². The predicted octanol–water partition coefficient (Wildman–Crippen LogP) is 10.9. The van der Waals surface area contributed by atoms with Gasteiger partial charge >= 0.3 is 0 Å². The first-order valence-corrected chi connectivity index (χ1v) is 15.3. The molecular formula is C42H25N3. The lowest BCUT2D eigenvalue weighted by molar-refractivity contribution is 1.19. The molecule has 10 rings (SSSR count). The van der Waals surface area contributed by atoms with Crippen LogP contribution in [-0.4, -0.2) is 14.5 Å². The minimum atomic E-state index is 0.937. The number of nitrogens with zero attached hydrogens (tertiary/aromatic N) is 3. The molecule has 0 radical (unpaired) electrons. The number of fused-ring (bicyclic) bond motifs is 11. The molecule has 0 atom stereocenters. The Hall–Kier alpha value is -6.06. The highest BCUT2D eigenvalue weighted by Crippen LogP contribution is 2.47. The van der Waals surface area contributed by atoms with Gasteiger partial charge in [0.05, 0.1) is 33.4 Å². The summed E-state index contributed by atoms with van der Waals surface area (Å²) in [5.41, 5.74) is 15.0. The molecule has 3 nitrogen and oxygen atoms in total. The van der Waals surface area contributed by atoms with E-state index in [4.69, 9.17) is 4.98 Å². The molecule has 1 aliphatic rings. The smallest absolute Gasteiger partial charge is 0.0972 e. The summed E-state index contributed by atoms with van der Waals surface area (Å²) in [5, 5.41) is 4.77. The second-order valence-corrected chi connectivity index (χ2v) is 11.8. The van der Waals surface area contributed by atoms with E-state index in [1.54, 1.807) is 0 Å². The number of pyridine rings is 2. The van der Waals surface area contributed by atoms with Gasteiger partial charge in [-0.05, 0) is 52.6 Å². The number of benzene rings is 6. The summed E-state index contributed by atoms with van der Waals surface area (Å²) in [5.74, 6) is 0. The van der Waals surface area contributed by atoms with E-state index in [9.17, 15) is 0 Å². The molecule has 0 aliphatic carbocycles. The number of rotatable bonds is 2. The van der Waals surface area contributed by atoms with E-state index in [1.165, 1.54) is 60.9 Å². The largest absolute Gasteiger partial charge is 0.308 e. The molecule has 0 fully saturated rings. The fraction of sp³-hybridized carbons (Fsp3) is 0. The average molecular weight is 572 g/mol. The molecule has 4 heterocycles. The van der Waals surface area contributed by atoms with Gasteiger partial charge in [0.2, 0.25) is 0 Å². The van der Waals surface area contributed by atoms with Gasteiger partial charge in [-0.15, -0.1) is 0 Å². The van der Waals surface area contributed by atoms with E-state index < -0.39 is 0 Å². The van der Waals surface area contributed by atoms with Gasteiger partial charge < -0.3 is 4.57 Å². The van der Waals surface area contributed by atoms with Crippen LogP contribution in [0.1, 0.15) is 0 Å². The molecule has 0 N–H and O–H groups in total. The second kappa shape index (κ2) is 9.22. The molecule has 9 aromatic rings. The van der Waals surface area contributed by atoms with Gasteiger partial charge in [-0.25, -0.2) is 4.98 Å². The highest BCUT2D eigenvalue weighted by atomic mass is 15.0. The second-order valence-electron chi connectivity index (χ2n) is 11.8. The van der Waals surface area contributed by atoms with Gasteiger partial charge in [-0.3, -0.25) is 4.98 Å². The molecule has 0 amide bonds. The molecule has 1 aliphatic heterocycles. The average Bonchev–Trinajstić information content (AvgIpc) is 3.39. The predicted molar refractivity (Wildman–Crippen MR) is 187 cm³/mol. The van der Waals surface area contributed by atoms with Crippen LogP contribution >= 0.6 is 0 Å². The molecule has 0 unspecified atom stereocenters. The molecule has 3 aromatic heterocycles. The van der Waals surface area contributed by atoms with Crippen molar-refractivity contribution in [3.05, 3.63) is 152 Å². The number of hydrogen-bond acceptors (Lipinski definition) is 2. The molecular weight excluding hydrogens is 546 g/mol. The third-order valence-electron chi connectivity index (χ3n) is 9.39. The molecule has 0 saturated carbocycles. The normalized spacial score (nSPS) is 12.0. The van der Waals surface area contributed by atoms with E-state index in [-0.39, 0.29) is 0 Å². The van der Waals surface area contributed by atoms with Crippen LogP contribution in [0.2, 0.25) is 0 Å². The van der Waals surface area contributed by atoms with Crippen LogP contribution < -0.4 is 0 Å². The van der Waals surface area contributed by atoms with Crippen LogP contribution in [0.25, 0.3) is 93.9 Å². The van der Waals surface area contributed by atoms with Crippen LogP contribution in [-0.2, 0) is 0 Å². The van der Waals surface area contributed by atoms with Crippen LogP contribution in [0.15, 0.2) is 152 Å². The summed E-state index contributed by atoms with van der Waals surface area (Å²) in [6.45, 7) is 0. The summed E-state index contributed by atoms with van der Waals surface area (Å²) < 4.78 is 2.46. The maximum Gasteiger partial charge on any atom is 0.0972 e. The van der Waals surface area contributed by atoms with E-state index >= 15 is 0 Å². The first-order valence-electron chi connectivity index (χ1n) is 15.3. The van der Waals surface area contributed by atoms with Gasteiger partial charge in [0.15, 0.2) is 0 Å². The molecule has 6 aromatic carbocycles. The zero-order valence-electron chi connectivity index (χ0n) is 24.3. The lowest BCUT2D eigenvalue weighted by atomic mass is 9.91. The van der Waals surface area contributed by atoms with Crippen LogP contribution in [0.3, 0.4) is 0 Å². The Bertz CT molecular complexity index is 2640. The maximum atomic E-state index is 5.06. The van der Waals surface area contributed by atoms with E-state index in [0.717, 1.165) is 33.1 Å². The Morgan fingerprint density at radius 2 is 1.13 bits per heavy atom. The fourth-order valence-electron chi connectivity index (χ4n) is 7.28. The summed E-state index contributed by atoms with van der Waals surface area (Å²) in [6.07, 6.45) is 1.84. The first-order chi connectivity index (χ1) is 22.3. The van der Waals surface area contributed by atoms with Crippen LogP contribution in [0.5, 0.6) is 0 Å². The van der Waals surface area contributed by atoms with E-state index in [1.807, 2.05) is 12.3 Å². The standard InChI is InChI=1S/C42H25N3/c1-2-9-32-31(8-1)34-11-5-12-35-33-10-3-4-13-38(33)45(42(34)35)39-23-21-30(25-36(32)39)26-14-16-27(17-15-26)37-22-20-29-19-18-28-7-6-24-43-40(28)41(29)44-37/h1-25H. The maximum absolute atomic E-state index is 5.06. The van der Waals surface area contributed by atoms with Crippen LogP contribution in [0.4, 0.5) is 0 Å². The summed E-state index contributed by atoms with van der Waals surface area (Å²) in [4.78, 5) is 9.69. The Kier molecular flexibility index (Phi) is 5.00. The summed E-state index contributed by atoms with van der Waals surface area (Å²) in [7, 11) is 0. The van der Waals surface area contributed by atoms with Crippen molar-refractivity contribution < 1.29 is 0 Å². The minimum absolute atomic E-state index is 0.937.